The molecule has 0 amide bonds. The number of esters is 2. The number of hydrogen-bond acceptors (Lipinski definition) is 8. The van der Waals surface area contributed by atoms with Gasteiger partial charge in [-0.2, -0.15) is 0 Å². The highest BCUT2D eigenvalue weighted by molar-refractivity contribution is 6.21. The Morgan fingerprint density at radius 1 is 0.676 bits per heavy atom. The topological polar surface area (TPSA) is 105 Å². The fraction of sp³-hybridized carbons (Fsp3) is 0.231. The first-order valence-corrected chi connectivity index (χ1v) is 10.6. The summed E-state index contributed by atoms with van der Waals surface area (Å²) in [6, 6.07) is 17.5. The summed E-state index contributed by atoms with van der Waals surface area (Å²) in [5.74, 6) is -5.71. The molecular weight excluding hydrogens is 440 g/mol. The van der Waals surface area contributed by atoms with Crippen molar-refractivity contribution in [1.82, 2.24) is 0 Å². The summed E-state index contributed by atoms with van der Waals surface area (Å²) in [4.78, 5) is 53.0. The third-order valence-corrected chi connectivity index (χ3v) is 6.59. The molecule has 0 unspecified atom stereocenters. The summed E-state index contributed by atoms with van der Waals surface area (Å²) < 4.78 is 22.2. The number of methoxy groups -OCH3 is 2. The summed E-state index contributed by atoms with van der Waals surface area (Å²) in [5.41, 5.74) is -3.13. The molecule has 8 heteroatoms. The van der Waals surface area contributed by atoms with Gasteiger partial charge in [0.25, 0.3) is 0 Å². The summed E-state index contributed by atoms with van der Waals surface area (Å²) in [5, 5.41) is 0. The number of ketones is 2. The first kappa shape index (κ1) is 21.6. The maximum atomic E-state index is 13.6. The molecule has 0 aromatic heterocycles. The molecule has 1 saturated carbocycles. The van der Waals surface area contributed by atoms with Crippen LogP contribution in [0.5, 0.6) is 0 Å². The van der Waals surface area contributed by atoms with Gasteiger partial charge in [0.05, 0.1) is 14.2 Å². The van der Waals surface area contributed by atoms with Gasteiger partial charge in [-0.1, -0.05) is 60.7 Å². The number of carbonyl (C=O) groups is 4. The number of carbonyl (C=O) groups excluding carboxylic acids is 4. The lowest BCUT2D eigenvalue weighted by atomic mass is 9.47. The number of fused-ring (bicyclic) bond motifs is 1. The number of hydrogen-bond donors (Lipinski definition) is 0. The van der Waals surface area contributed by atoms with Crippen LogP contribution in [0, 0.1) is 11.8 Å². The Morgan fingerprint density at radius 2 is 1.03 bits per heavy atom. The fourth-order valence-electron chi connectivity index (χ4n) is 5.09. The van der Waals surface area contributed by atoms with Crippen molar-refractivity contribution in [2.75, 3.05) is 14.2 Å². The SMILES string of the molecule is COC(=O)[C@@H]1[C@H](C(=O)OC)[C@]2(OC(c3ccccc3)=CC2=O)[C@]12OC(c1ccccc1)=CC2=O. The predicted molar refractivity (Wildman–Crippen MR) is 117 cm³/mol. The first-order valence-electron chi connectivity index (χ1n) is 10.6. The predicted octanol–water partition coefficient (Wildman–Crippen LogP) is 2.34. The standard InChI is InChI=1S/C26H20O8/c1-31-23(29)21-22(24(30)32-2)26(20(28)14-18(34-26)16-11-7-4-8-12-16)25(21)19(27)13-17(33-25)15-9-5-3-6-10-15/h3-14,21-22H,1-2H3/t21-,22+,25+,26-. The Kier molecular flexibility index (Phi) is 4.89. The van der Waals surface area contributed by atoms with Gasteiger partial charge in [-0.3, -0.25) is 19.2 Å². The van der Waals surface area contributed by atoms with Crippen LogP contribution in [-0.4, -0.2) is 48.9 Å². The van der Waals surface area contributed by atoms with Gasteiger partial charge in [-0.25, -0.2) is 0 Å². The van der Waals surface area contributed by atoms with Crippen LogP contribution < -0.4 is 0 Å². The van der Waals surface area contributed by atoms with Crippen LogP contribution in [0.3, 0.4) is 0 Å². The van der Waals surface area contributed by atoms with E-state index in [2.05, 4.69) is 0 Å². The lowest BCUT2D eigenvalue weighted by Crippen LogP contribution is -2.84. The largest absolute Gasteiger partial charge is 0.473 e. The van der Waals surface area contributed by atoms with E-state index in [1.165, 1.54) is 12.2 Å². The van der Waals surface area contributed by atoms with Crippen LogP contribution in [0.25, 0.3) is 11.5 Å². The van der Waals surface area contributed by atoms with Gasteiger partial charge in [0.2, 0.25) is 22.8 Å². The van der Waals surface area contributed by atoms with Gasteiger partial charge < -0.3 is 18.9 Å². The van der Waals surface area contributed by atoms with Crippen LogP contribution in [-0.2, 0) is 38.1 Å². The van der Waals surface area contributed by atoms with Gasteiger partial charge in [-0.15, -0.1) is 0 Å². The molecular formula is C26H20O8. The lowest BCUT2D eigenvalue weighted by Gasteiger charge is -2.58. The molecule has 0 bridgehead atoms. The van der Waals surface area contributed by atoms with Crippen LogP contribution in [0.4, 0.5) is 0 Å². The molecule has 0 saturated heterocycles. The van der Waals surface area contributed by atoms with Gasteiger partial charge in [0.15, 0.2) is 0 Å². The third kappa shape index (κ3) is 2.65. The Bertz CT molecular complexity index is 1160. The molecule has 1 aliphatic carbocycles. The van der Waals surface area contributed by atoms with Gasteiger partial charge in [0.1, 0.15) is 23.4 Å². The van der Waals surface area contributed by atoms with Gasteiger partial charge in [-0.05, 0) is 0 Å². The van der Waals surface area contributed by atoms with Crippen LogP contribution in [0.1, 0.15) is 11.1 Å². The summed E-state index contributed by atoms with van der Waals surface area (Å²) >= 11 is 0. The minimum atomic E-state index is -2.13. The second-order valence-corrected chi connectivity index (χ2v) is 8.15. The maximum Gasteiger partial charge on any atom is 0.314 e. The van der Waals surface area contributed by atoms with Crippen LogP contribution in [0.2, 0.25) is 0 Å². The molecule has 5 rings (SSSR count). The zero-order chi connectivity index (χ0) is 24.1. The van der Waals surface area contributed by atoms with Crippen molar-refractivity contribution in [3.8, 4) is 0 Å². The Morgan fingerprint density at radius 3 is 1.35 bits per heavy atom. The highest BCUT2D eigenvalue weighted by atomic mass is 16.6. The van der Waals surface area contributed by atoms with Gasteiger partial charge in [0, 0.05) is 23.3 Å². The van der Waals surface area contributed by atoms with Crippen molar-refractivity contribution in [1.29, 1.82) is 0 Å². The van der Waals surface area contributed by atoms with Crippen molar-refractivity contribution >= 4 is 35.0 Å². The monoisotopic (exact) mass is 460 g/mol. The second kappa shape index (κ2) is 7.69. The zero-order valence-electron chi connectivity index (χ0n) is 18.3. The molecule has 0 N–H and O–H groups in total. The van der Waals surface area contributed by atoms with E-state index in [9.17, 15) is 19.2 Å². The summed E-state index contributed by atoms with van der Waals surface area (Å²) in [6.45, 7) is 0. The van der Waals surface area contributed by atoms with E-state index in [1.54, 1.807) is 60.7 Å². The Hall–Kier alpha value is -4.20. The van der Waals surface area contributed by atoms with Crippen LogP contribution in [0.15, 0.2) is 72.8 Å². The van der Waals surface area contributed by atoms with E-state index in [-0.39, 0.29) is 11.5 Å². The lowest BCUT2D eigenvalue weighted by molar-refractivity contribution is -0.260. The minimum Gasteiger partial charge on any atom is -0.473 e. The third-order valence-electron chi connectivity index (χ3n) is 6.59. The smallest absolute Gasteiger partial charge is 0.314 e. The second-order valence-electron chi connectivity index (χ2n) is 8.15. The van der Waals surface area contributed by atoms with E-state index in [0.717, 1.165) is 14.2 Å². The molecule has 4 atom stereocenters. The number of benzene rings is 2. The molecule has 8 nitrogen and oxygen atoms in total. The fourth-order valence-corrected chi connectivity index (χ4v) is 5.09. The van der Waals surface area contributed by atoms with Crippen LogP contribution >= 0.6 is 0 Å². The summed E-state index contributed by atoms with van der Waals surface area (Å²) in [7, 11) is 2.26. The Balaban J connectivity index is 1.66. The number of ether oxygens (including phenoxy) is 4. The van der Waals surface area contributed by atoms with Gasteiger partial charge >= 0.3 is 11.9 Å². The average molecular weight is 460 g/mol. The van der Waals surface area contributed by atoms with E-state index in [4.69, 9.17) is 18.9 Å². The highest BCUT2D eigenvalue weighted by Crippen LogP contribution is 2.64. The van der Waals surface area contributed by atoms with Crippen molar-refractivity contribution in [2.45, 2.75) is 11.2 Å². The normalized spacial score (nSPS) is 29.1. The minimum absolute atomic E-state index is 0.159. The van der Waals surface area contributed by atoms with Crippen molar-refractivity contribution < 1.29 is 38.1 Å². The zero-order valence-corrected chi connectivity index (χ0v) is 18.3. The average Bonchev–Trinajstić information content (AvgIpc) is 3.42. The molecule has 2 heterocycles. The Labute approximate surface area is 194 Å². The molecule has 1 fully saturated rings. The van der Waals surface area contributed by atoms with E-state index in [1.807, 2.05) is 0 Å². The molecule has 0 radical (unpaired) electrons. The molecule has 3 aliphatic rings. The maximum absolute atomic E-state index is 13.6. The molecule has 2 aromatic rings. The number of rotatable bonds is 4. The van der Waals surface area contributed by atoms with E-state index < -0.39 is 46.5 Å². The molecule has 172 valence electrons. The first-order chi connectivity index (χ1) is 16.4. The van der Waals surface area contributed by atoms with E-state index >= 15 is 0 Å². The van der Waals surface area contributed by atoms with Crippen molar-refractivity contribution in [2.24, 2.45) is 11.8 Å². The van der Waals surface area contributed by atoms with Crippen molar-refractivity contribution in [3.63, 3.8) is 0 Å². The molecule has 2 spiro atoms. The molecule has 34 heavy (non-hydrogen) atoms. The van der Waals surface area contributed by atoms with E-state index in [0.29, 0.717) is 11.1 Å². The highest BCUT2D eigenvalue weighted by Gasteiger charge is 2.89. The van der Waals surface area contributed by atoms with Crippen molar-refractivity contribution in [3.05, 3.63) is 83.9 Å². The molecule has 2 aromatic carbocycles. The molecule has 2 aliphatic heterocycles. The summed E-state index contributed by atoms with van der Waals surface area (Å²) in [6.07, 6.45) is 2.44. The quantitative estimate of drug-likeness (QED) is 0.641.